The molecule has 6 N–H and O–H groups in total. The molecule has 1 saturated carbocycles. The molecule has 0 amide bonds. The number of hydrogen-bond acceptors (Lipinski definition) is 9. The molecule has 30 heavy (non-hydrogen) atoms. The maximum atomic E-state index is 12.7. The van der Waals surface area contributed by atoms with Crippen LogP contribution >= 0.6 is 19.1 Å². The third-order valence-corrected chi connectivity index (χ3v) is 7.52. The number of carbonyl (C=O) groups excluding carboxylic acids is 1. The van der Waals surface area contributed by atoms with Crippen LogP contribution in [0.3, 0.4) is 0 Å². The van der Waals surface area contributed by atoms with Gasteiger partial charge in [0, 0.05) is 11.6 Å². The second-order valence-corrected chi connectivity index (χ2v) is 10.1. The smallest absolute Gasteiger partial charge is 0.323 e. The molecule has 2 heterocycles. The van der Waals surface area contributed by atoms with Crippen molar-refractivity contribution in [1.29, 1.82) is 0 Å². The van der Waals surface area contributed by atoms with Gasteiger partial charge >= 0.3 is 5.97 Å². The van der Waals surface area contributed by atoms with Crippen LogP contribution in [0.15, 0.2) is 6.33 Å². The third-order valence-electron chi connectivity index (χ3n) is 5.41. The third kappa shape index (κ3) is 4.16. The van der Waals surface area contributed by atoms with Crippen LogP contribution in [0.5, 0.6) is 0 Å². The number of fused-ring (bicyclic) bond motifs is 1. The minimum Gasteiger partial charge on any atom is -0.468 e. The van der Waals surface area contributed by atoms with Crippen LogP contribution in [-0.2, 0) is 14.1 Å². The molecule has 6 atom stereocenters. The van der Waals surface area contributed by atoms with Crippen molar-refractivity contribution in [3.8, 4) is 0 Å². The standard InChI is InChI=1S/C16H24ClN6O6P/c1-7(14(26)29-3)22-30(27,28)5-16(2)4-8(10(24)11(16)25)23-6-19-9-12(18)20-15(17)21-13(9)23/h6-8,10-11,24-25H,4-5H2,1-3H3,(H2,18,20,21)(H2,22,27,28)/t7?,8-,10+,11+,16?/m1/s1. The molecule has 1 fully saturated rings. The summed E-state index contributed by atoms with van der Waals surface area (Å²) in [6.45, 7) is 2.98. The van der Waals surface area contributed by atoms with Crippen LogP contribution in [0.25, 0.3) is 11.2 Å². The van der Waals surface area contributed by atoms with Crippen molar-refractivity contribution >= 4 is 42.1 Å². The van der Waals surface area contributed by atoms with Crippen molar-refractivity contribution in [1.82, 2.24) is 24.6 Å². The zero-order valence-corrected chi connectivity index (χ0v) is 18.2. The summed E-state index contributed by atoms with van der Waals surface area (Å²) in [5.74, 6) is -0.626. The van der Waals surface area contributed by atoms with Gasteiger partial charge in [0.1, 0.15) is 17.7 Å². The highest BCUT2D eigenvalue weighted by molar-refractivity contribution is 7.56. The Morgan fingerprint density at radius 1 is 1.53 bits per heavy atom. The van der Waals surface area contributed by atoms with Gasteiger partial charge < -0.3 is 30.1 Å². The SMILES string of the molecule is COC(=O)C(C)NP(=O)(O)CC1(C)C[C@@H](n2cnc3c(N)nc(Cl)nc32)[C@H](O)[C@@H]1O. The van der Waals surface area contributed by atoms with E-state index in [1.54, 1.807) is 6.92 Å². The molecule has 166 valence electrons. The number of halogens is 1. The maximum absolute atomic E-state index is 12.7. The molecule has 0 aliphatic heterocycles. The summed E-state index contributed by atoms with van der Waals surface area (Å²) in [4.78, 5) is 34.0. The first-order valence-corrected chi connectivity index (χ1v) is 11.3. The lowest BCUT2D eigenvalue weighted by Gasteiger charge is -2.31. The van der Waals surface area contributed by atoms with E-state index in [-0.39, 0.29) is 34.8 Å². The Morgan fingerprint density at radius 2 is 2.20 bits per heavy atom. The zero-order valence-electron chi connectivity index (χ0n) is 16.6. The predicted molar refractivity (Wildman–Crippen MR) is 108 cm³/mol. The van der Waals surface area contributed by atoms with Crippen LogP contribution in [0.2, 0.25) is 5.28 Å². The number of rotatable bonds is 6. The van der Waals surface area contributed by atoms with Gasteiger partial charge in [0.15, 0.2) is 11.5 Å². The number of aliphatic hydroxyl groups is 2. The van der Waals surface area contributed by atoms with Crippen molar-refractivity contribution in [3.63, 3.8) is 0 Å². The number of aliphatic hydroxyl groups excluding tert-OH is 2. The van der Waals surface area contributed by atoms with E-state index in [1.165, 1.54) is 24.9 Å². The fourth-order valence-corrected chi connectivity index (χ4v) is 6.25. The second kappa shape index (κ2) is 8.03. The molecule has 0 spiro atoms. The Morgan fingerprint density at radius 3 is 2.83 bits per heavy atom. The fourth-order valence-electron chi connectivity index (χ4n) is 3.98. The molecule has 2 aromatic heterocycles. The molecule has 12 nitrogen and oxygen atoms in total. The summed E-state index contributed by atoms with van der Waals surface area (Å²) >= 11 is 5.88. The van der Waals surface area contributed by atoms with E-state index in [4.69, 9.17) is 17.3 Å². The fraction of sp³-hybridized carbons (Fsp3) is 0.625. The molecule has 0 aromatic carbocycles. The Labute approximate surface area is 176 Å². The van der Waals surface area contributed by atoms with E-state index in [9.17, 15) is 24.5 Å². The lowest BCUT2D eigenvalue weighted by molar-refractivity contribution is -0.142. The molecule has 0 saturated heterocycles. The quantitative estimate of drug-likeness (QED) is 0.222. The average molecular weight is 463 g/mol. The van der Waals surface area contributed by atoms with Crippen LogP contribution in [-0.4, -0.2) is 72.1 Å². The molecule has 3 unspecified atom stereocenters. The van der Waals surface area contributed by atoms with Crippen LogP contribution in [0.1, 0.15) is 26.3 Å². The minimum atomic E-state index is -4.07. The number of ether oxygens (including phenoxy) is 1. The van der Waals surface area contributed by atoms with Crippen molar-refractivity contribution in [3.05, 3.63) is 11.6 Å². The van der Waals surface area contributed by atoms with E-state index < -0.39 is 43.2 Å². The van der Waals surface area contributed by atoms with Gasteiger partial charge in [0.2, 0.25) is 5.28 Å². The van der Waals surface area contributed by atoms with Crippen molar-refractivity contribution in [2.24, 2.45) is 5.41 Å². The maximum Gasteiger partial charge on any atom is 0.323 e. The van der Waals surface area contributed by atoms with Gasteiger partial charge in [-0.25, -0.2) is 10.1 Å². The molecule has 3 rings (SSSR count). The van der Waals surface area contributed by atoms with E-state index in [2.05, 4.69) is 24.8 Å². The first-order valence-electron chi connectivity index (χ1n) is 9.07. The molecule has 1 aliphatic rings. The number of imidazole rings is 1. The summed E-state index contributed by atoms with van der Waals surface area (Å²) in [6, 6.07) is -1.73. The highest BCUT2D eigenvalue weighted by Crippen LogP contribution is 2.53. The number of carbonyl (C=O) groups is 1. The van der Waals surface area contributed by atoms with Crippen molar-refractivity contribution in [2.75, 3.05) is 19.0 Å². The lowest BCUT2D eigenvalue weighted by Crippen LogP contribution is -2.40. The Hall–Kier alpha value is -1.82. The van der Waals surface area contributed by atoms with Gasteiger partial charge in [-0.05, 0) is 24.9 Å². The lowest BCUT2D eigenvalue weighted by atomic mass is 9.88. The first kappa shape index (κ1) is 22.9. The zero-order chi connectivity index (χ0) is 22.4. The second-order valence-electron chi connectivity index (χ2n) is 7.80. The summed E-state index contributed by atoms with van der Waals surface area (Å²) in [5, 5.41) is 23.7. The molecule has 1 aliphatic carbocycles. The van der Waals surface area contributed by atoms with Crippen molar-refractivity contribution < 1.29 is 29.2 Å². The van der Waals surface area contributed by atoms with Crippen LogP contribution in [0, 0.1) is 5.41 Å². The molecule has 2 aromatic rings. The molecular formula is C16H24ClN6O6P. The van der Waals surface area contributed by atoms with E-state index >= 15 is 0 Å². The highest BCUT2D eigenvalue weighted by atomic mass is 35.5. The van der Waals surface area contributed by atoms with Crippen LogP contribution in [0.4, 0.5) is 5.82 Å². The Balaban J connectivity index is 1.88. The normalized spacial score (nSPS) is 29.6. The van der Waals surface area contributed by atoms with Gasteiger partial charge in [-0.2, -0.15) is 9.97 Å². The number of aromatic nitrogens is 4. The summed E-state index contributed by atoms with van der Waals surface area (Å²) in [5.41, 5.74) is 5.22. The van der Waals surface area contributed by atoms with Gasteiger partial charge in [-0.1, -0.05) is 6.92 Å². The average Bonchev–Trinajstić information content (AvgIpc) is 3.15. The summed E-state index contributed by atoms with van der Waals surface area (Å²) in [7, 11) is -2.90. The van der Waals surface area contributed by atoms with Gasteiger partial charge in [0.05, 0.1) is 25.6 Å². The number of hydrogen-bond donors (Lipinski definition) is 5. The Kier molecular flexibility index (Phi) is 6.11. The van der Waals surface area contributed by atoms with Gasteiger partial charge in [-0.15, -0.1) is 0 Å². The molecule has 0 radical (unpaired) electrons. The minimum absolute atomic E-state index is 0.0698. The van der Waals surface area contributed by atoms with Crippen LogP contribution < -0.4 is 10.8 Å². The number of nitrogens with two attached hydrogens (primary N) is 1. The molecule has 14 heteroatoms. The number of nitrogens with zero attached hydrogens (tertiary/aromatic N) is 4. The predicted octanol–water partition coefficient (Wildman–Crippen LogP) is 0.0713. The Bertz CT molecular complexity index is 1020. The number of methoxy groups -OCH3 is 1. The van der Waals surface area contributed by atoms with E-state index in [0.717, 1.165) is 0 Å². The number of nitrogens with one attached hydrogen (secondary N) is 1. The van der Waals surface area contributed by atoms with Crippen molar-refractivity contribution in [2.45, 2.75) is 44.6 Å². The number of esters is 1. The molecule has 0 bridgehead atoms. The first-order chi connectivity index (χ1) is 13.9. The summed E-state index contributed by atoms with van der Waals surface area (Å²) in [6.07, 6.45) is -1.47. The largest absolute Gasteiger partial charge is 0.468 e. The van der Waals surface area contributed by atoms with Gasteiger partial charge in [-0.3, -0.25) is 9.36 Å². The summed E-state index contributed by atoms with van der Waals surface area (Å²) < 4.78 is 18.8. The highest BCUT2D eigenvalue weighted by Gasteiger charge is 2.53. The monoisotopic (exact) mass is 462 g/mol. The molecular weight excluding hydrogens is 439 g/mol. The van der Waals surface area contributed by atoms with E-state index in [0.29, 0.717) is 0 Å². The van der Waals surface area contributed by atoms with Gasteiger partial charge in [0.25, 0.3) is 7.52 Å². The van der Waals surface area contributed by atoms with E-state index in [1.807, 2.05) is 0 Å². The number of nitrogen functional groups attached to an aromatic ring is 1. The number of anilines is 1. The topological polar surface area (TPSA) is 186 Å².